The standard InChI is InChI=1S/C4H4Cl3NO2/c5-4(6,7)3-8-2(9)1-10-3/h3H,1H2,(H,8,9)/t3-/m1/s1. The Bertz CT molecular complexity index is 155. The van der Waals surface area contributed by atoms with Crippen LogP contribution in [0.2, 0.25) is 0 Å². The summed E-state index contributed by atoms with van der Waals surface area (Å²) in [6.07, 6.45) is -0.815. The smallest absolute Gasteiger partial charge is 0.248 e. The van der Waals surface area contributed by atoms with Crippen molar-refractivity contribution >= 4 is 40.7 Å². The van der Waals surface area contributed by atoms with Crippen molar-refractivity contribution in [1.82, 2.24) is 5.32 Å². The average Bonchev–Trinajstić information content (AvgIpc) is 2.11. The zero-order valence-corrected chi connectivity index (χ0v) is 7.00. The molecule has 3 nitrogen and oxygen atoms in total. The number of halogens is 3. The molecule has 0 spiro atoms. The summed E-state index contributed by atoms with van der Waals surface area (Å²) < 4.78 is 3.20. The highest BCUT2D eigenvalue weighted by Gasteiger charge is 2.38. The minimum Gasteiger partial charge on any atom is -0.344 e. The molecular formula is C4H4Cl3NO2. The Morgan fingerprint density at radius 2 is 2.20 bits per heavy atom. The lowest BCUT2D eigenvalue weighted by molar-refractivity contribution is -0.119. The van der Waals surface area contributed by atoms with Crippen LogP contribution in [-0.4, -0.2) is 22.5 Å². The van der Waals surface area contributed by atoms with Crippen LogP contribution in [0.25, 0.3) is 0 Å². The molecule has 1 fully saturated rings. The number of rotatable bonds is 0. The Balaban J connectivity index is 2.53. The topological polar surface area (TPSA) is 38.3 Å². The molecule has 0 aromatic carbocycles. The first kappa shape index (κ1) is 8.40. The van der Waals surface area contributed by atoms with Crippen molar-refractivity contribution < 1.29 is 9.53 Å². The molecule has 1 atom stereocenters. The minimum atomic E-state index is -1.58. The van der Waals surface area contributed by atoms with Crippen molar-refractivity contribution in [2.24, 2.45) is 0 Å². The molecule has 1 rings (SSSR count). The second-order valence-corrected chi connectivity index (χ2v) is 4.17. The van der Waals surface area contributed by atoms with E-state index in [1.54, 1.807) is 0 Å². The third-order valence-electron chi connectivity index (χ3n) is 0.970. The highest BCUT2D eigenvalue weighted by molar-refractivity contribution is 6.68. The average molecular weight is 204 g/mol. The molecular weight excluding hydrogens is 200 g/mol. The van der Waals surface area contributed by atoms with Crippen LogP contribution in [-0.2, 0) is 9.53 Å². The molecule has 6 heteroatoms. The predicted octanol–water partition coefficient (Wildman–Crippen LogP) is 0.829. The van der Waals surface area contributed by atoms with Crippen LogP contribution >= 0.6 is 34.8 Å². The van der Waals surface area contributed by atoms with Crippen molar-refractivity contribution in [3.8, 4) is 0 Å². The number of hydrogen-bond donors (Lipinski definition) is 1. The van der Waals surface area contributed by atoms with Gasteiger partial charge in [0.15, 0.2) is 6.23 Å². The molecule has 1 amide bonds. The van der Waals surface area contributed by atoms with Crippen LogP contribution in [0.1, 0.15) is 0 Å². The number of hydrogen-bond acceptors (Lipinski definition) is 2. The van der Waals surface area contributed by atoms with Crippen LogP contribution in [0.3, 0.4) is 0 Å². The lowest BCUT2D eigenvalue weighted by atomic mass is 10.6. The molecule has 1 N–H and O–H groups in total. The molecule has 0 unspecified atom stereocenters. The van der Waals surface area contributed by atoms with E-state index in [0.717, 1.165) is 0 Å². The van der Waals surface area contributed by atoms with Gasteiger partial charge in [-0.1, -0.05) is 34.8 Å². The van der Waals surface area contributed by atoms with E-state index < -0.39 is 10.0 Å². The second-order valence-electron chi connectivity index (χ2n) is 1.80. The van der Waals surface area contributed by atoms with Gasteiger partial charge in [0.25, 0.3) is 0 Å². The van der Waals surface area contributed by atoms with Crippen molar-refractivity contribution in [3.63, 3.8) is 0 Å². The van der Waals surface area contributed by atoms with Crippen LogP contribution in [0.4, 0.5) is 0 Å². The maximum absolute atomic E-state index is 10.5. The molecule has 1 aliphatic heterocycles. The van der Waals surface area contributed by atoms with E-state index in [-0.39, 0.29) is 12.5 Å². The van der Waals surface area contributed by atoms with Crippen molar-refractivity contribution in [1.29, 1.82) is 0 Å². The van der Waals surface area contributed by atoms with E-state index >= 15 is 0 Å². The van der Waals surface area contributed by atoms with Gasteiger partial charge in [-0.3, -0.25) is 4.79 Å². The summed E-state index contributed by atoms with van der Waals surface area (Å²) in [6.45, 7) is -0.0431. The molecule has 0 radical (unpaired) electrons. The molecule has 0 aliphatic carbocycles. The van der Waals surface area contributed by atoms with Gasteiger partial charge >= 0.3 is 0 Å². The second kappa shape index (κ2) is 2.74. The maximum atomic E-state index is 10.5. The quantitative estimate of drug-likeness (QED) is 0.594. The van der Waals surface area contributed by atoms with Gasteiger partial charge in [-0.15, -0.1) is 0 Å². The maximum Gasteiger partial charge on any atom is 0.248 e. The third-order valence-corrected chi connectivity index (χ3v) is 1.57. The Kier molecular flexibility index (Phi) is 2.30. The van der Waals surface area contributed by atoms with E-state index in [0.29, 0.717) is 0 Å². The molecule has 1 heterocycles. The van der Waals surface area contributed by atoms with E-state index in [2.05, 4.69) is 5.32 Å². The zero-order chi connectivity index (χ0) is 7.78. The SMILES string of the molecule is O=C1CO[C@H](C(Cl)(Cl)Cl)N1. The molecule has 0 saturated carbocycles. The van der Waals surface area contributed by atoms with E-state index in [4.69, 9.17) is 39.5 Å². The fourth-order valence-corrected chi connectivity index (χ4v) is 0.918. The molecule has 58 valence electrons. The summed E-state index contributed by atoms with van der Waals surface area (Å²) in [5.74, 6) is -0.267. The van der Waals surface area contributed by atoms with Crippen molar-refractivity contribution in [3.05, 3.63) is 0 Å². The summed E-state index contributed by atoms with van der Waals surface area (Å²) in [7, 11) is 0. The largest absolute Gasteiger partial charge is 0.344 e. The molecule has 0 aromatic rings. The van der Waals surface area contributed by atoms with Gasteiger partial charge in [-0.05, 0) is 0 Å². The Morgan fingerprint density at radius 3 is 2.40 bits per heavy atom. The van der Waals surface area contributed by atoms with Gasteiger partial charge in [0.2, 0.25) is 9.70 Å². The van der Waals surface area contributed by atoms with E-state index in [1.807, 2.05) is 0 Å². The van der Waals surface area contributed by atoms with Crippen LogP contribution in [0.15, 0.2) is 0 Å². The van der Waals surface area contributed by atoms with Gasteiger partial charge < -0.3 is 10.1 Å². The van der Waals surface area contributed by atoms with Crippen molar-refractivity contribution in [2.75, 3.05) is 6.61 Å². The number of carbonyl (C=O) groups is 1. The minimum absolute atomic E-state index is 0.0431. The van der Waals surface area contributed by atoms with E-state index in [9.17, 15) is 4.79 Å². The highest BCUT2D eigenvalue weighted by Crippen LogP contribution is 2.32. The summed E-state index contributed by atoms with van der Waals surface area (Å²) >= 11 is 16.2. The normalized spacial score (nSPS) is 26.7. The molecule has 0 aromatic heterocycles. The number of ether oxygens (including phenoxy) is 1. The van der Waals surface area contributed by atoms with Gasteiger partial charge in [0.05, 0.1) is 0 Å². The van der Waals surface area contributed by atoms with Crippen LogP contribution in [0.5, 0.6) is 0 Å². The van der Waals surface area contributed by atoms with Crippen LogP contribution < -0.4 is 5.32 Å². The summed E-state index contributed by atoms with van der Waals surface area (Å²) in [5, 5.41) is 2.34. The number of carbonyl (C=O) groups excluding carboxylic acids is 1. The lowest BCUT2D eigenvalue weighted by Crippen LogP contribution is -2.37. The fraction of sp³-hybridized carbons (Fsp3) is 0.750. The molecule has 1 saturated heterocycles. The number of nitrogens with one attached hydrogen (secondary N) is 1. The first-order valence-electron chi connectivity index (χ1n) is 2.48. The number of amides is 1. The van der Waals surface area contributed by atoms with E-state index in [1.165, 1.54) is 0 Å². The van der Waals surface area contributed by atoms with Gasteiger partial charge in [-0.2, -0.15) is 0 Å². The summed E-state index contributed by atoms with van der Waals surface area (Å²) in [5.41, 5.74) is 0. The molecule has 10 heavy (non-hydrogen) atoms. The lowest BCUT2D eigenvalue weighted by Gasteiger charge is -2.17. The first-order valence-corrected chi connectivity index (χ1v) is 3.61. The van der Waals surface area contributed by atoms with Gasteiger partial charge in [0, 0.05) is 0 Å². The first-order chi connectivity index (χ1) is 4.50. The van der Waals surface area contributed by atoms with Gasteiger partial charge in [-0.25, -0.2) is 0 Å². The third kappa shape index (κ3) is 1.89. The fourth-order valence-electron chi connectivity index (χ4n) is 0.565. The Morgan fingerprint density at radius 1 is 1.60 bits per heavy atom. The zero-order valence-electron chi connectivity index (χ0n) is 4.73. The van der Waals surface area contributed by atoms with Gasteiger partial charge in [0.1, 0.15) is 6.61 Å². The van der Waals surface area contributed by atoms with Crippen LogP contribution in [0, 0.1) is 0 Å². The monoisotopic (exact) mass is 203 g/mol. The number of alkyl halides is 3. The van der Waals surface area contributed by atoms with Crippen molar-refractivity contribution in [2.45, 2.75) is 10.0 Å². The molecule has 0 bridgehead atoms. The predicted molar refractivity (Wildman–Crippen MR) is 38.2 cm³/mol. The molecule has 1 aliphatic rings. The summed E-state index contributed by atoms with van der Waals surface area (Å²) in [4.78, 5) is 10.5. The Hall–Kier alpha value is 0.300. The summed E-state index contributed by atoms with van der Waals surface area (Å²) in [6, 6.07) is 0. The Labute approximate surface area is 72.6 Å². The highest BCUT2D eigenvalue weighted by atomic mass is 35.6.